The van der Waals surface area contributed by atoms with Gasteiger partial charge in [-0.2, -0.15) is 4.98 Å². The maximum atomic E-state index is 13.3. The molecule has 1 aliphatic carbocycles. The van der Waals surface area contributed by atoms with Crippen LogP contribution in [0, 0.1) is 6.92 Å². The van der Waals surface area contributed by atoms with E-state index in [-0.39, 0.29) is 11.6 Å². The summed E-state index contributed by atoms with van der Waals surface area (Å²) in [5.74, 6) is 0.997. The van der Waals surface area contributed by atoms with Gasteiger partial charge < -0.3 is 16.4 Å². The zero-order valence-electron chi connectivity index (χ0n) is 20.1. The molecule has 4 N–H and O–H groups in total. The summed E-state index contributed by atoms with van der Waals surface area (Å²) in [6.07, 6.45) is 7.57. The van der Waals surface area contributed by atoms with Crippen LogP contribution in [0.3, 0.4) is 0 Å². The number of anilines is 3. The molecule has 0 amide bonds. The molecule has 0 saturated heterocycles. The largest absolute Gasteiger partial charge is 0.397 e. The van der Waals surface area contributed by atoms with Crippen LogP contribution in [0.5, 0.6) is 0 Å². The Balaban J connectivity index is 0.000000555. The van der Waals surface area contributed by atoms with E-state index >= 15 is 0 Å². The van der Waals surface area contributed by atoms with Gasteiger partial charge in [-0.3, -0.25) is 9.36 Å². The predicted molar refractivity (Wildman–Crippen MR) is 137 cm³/mol. The lowest BCUT2D eigenvalue weighted by atomic mass is 10.0. The Bertz CT molecular complexity index is 1160. The summed E-state index contributed by atoms with van der Waals surface area (Å²) in [5.41, 5.74) is 9.23. The van der Waals surface area contributed by atoms with Gasteiger partial charge in [-0.15, -0.1) is 0 Å². The molecule has 0 aromatic carbocycles. The van der Waals surface area contributed by atoms with Gasteiger partial charge in [0, 0.05) is 23.2 Å². The molecule has 0 atom stereocenters. The molecule has 8 nitrogen and oxygen atoms in total. The Morgan fingerprint density at radius 2 is 1.88 bits per heavy atom. The van der Waals surface area contributed by atoms with Crippen molar-refractivity contribution in [3.8, 4) is 0 Å². The molecule has 0 radical (unpaired) electrons. The highest BCUT2D eigenvalue weighted by Gasteiger charge is 2.24. The van der Waals surface area contributed by atoms with Gasteiger partial charge in [0.15, 0.2) is 0 Å². The number of fused-ring (bicyclic) bond motifs is 1. The van der Waals surface area contributed by atoms with Crippen molar-refractivity contribution in [2.75, 3.05) is 24.1 Å². The first-order valence-electron chi connectivity index (χ1n) is 11.6. The minimum absolute atomic E-state index is 0.0142. The highest BCUT2D eigenvalue weighted by Crippen LogP contribution is 2.32. The van der Waals surface area contributed by atoms with Gasteiger partial charge in [0.25, 0.3) is 5.56 Å². The summed E-state index contributed by atoms with van der Waals surface area (Å²) < 4.78 is 1.85. The SMILES string of the molecule is C=C(C)c1c(C)c2cnc(Nc3ccc(N)cn3)nc2n(C2CCCC2)c1=O.CCNCC. The molecule has 1 aliphatic rings. The quantitative estimate of drug-likeness (QED) is 0.505. The zero-order valence-corrected chi connectivity index (χ0v) is 20.1. The van der Waals surface area contributed by atoms with E-state index in [4.69, 9.17) is 10.7 Å². The molecule has 1 fully saturated rings. The summed E-state index contributed by atoms with van der Waals surface area (Å²) in [7, 11) is 0. The van der Waals surface area contributed by atoms with Crippen molar-refractivity contribution in [2.45, 2.75) is 59.4 Å². The molecule has 0 aliphatic heterocycles. The number of pyridine rings is 2. The molecule has 3 heterocycles. The van der Waals surface area contributed by atoms with E-state index in [9.17, 15) is 4.79 Å². The van der Waals surface area contributed by atoms with Crippen LogP contribution in [0.15, 0.2) is 35.9 Å². The van der Waals surface area contributed by atoms with Gasteiger partial charge in [0.05, 0.1) is 11.9 Å². The Labute approximate surface area is 195 Å². The second kappa shape index (κ2) is 11.0. The number of nitrogens with one attached hydrogen (secondary N) is 2. The third kappa shape index (κ3) is 5.57. The molecule has 0 spiro atoms. The highest BCUT2D eigenvalue weighted by atomic mass is 16.1. The molecule has 3 aromatic heterocycles. The maximum Gasteiger partial charge on any atom is 0.260 e. The van der Waals surface area contributed by atoms with Crippen LogP contribution in [0.2, 0.25) is 0 Å². The van der Waals surface area contributed by atoms with Crippen LogP contribution in [0.1, 0.15) is 63.6 Å². The predicted octanol–water partition coefficient (Wildman–Crippen LogP) is 4.58. The number of aryl methyl sites for hydroxylation is 1. The summed E-state index contributed by atoms with van der Waals surface area (Å²) in [4.78, 5) is 26.7. The molecular weight excluding hydrogens is 414 g/mol. The topological polar surface area (TPSA) is 111 Å². The summed E-state index contributed by atoms with van der Waals surface area (Å²) in [5, 5.41) is 7.08. The normalized spacial score (nSPS) is 13.6. The Kier molecular flexibility index (Phi) is 8.16. The Morgan fingerprint density at radius 1 is 1.18 bits per heavy atom. The van der Waals surface area contributed by atoms with Gasteiger partial charge in [0.2, 0.25) is 5.95 Å². The number of rotatable bonds is 6. The van der Waals surface area contributed by atoms with E-state index in [1.54, 1.807) is 24.5 Å². The van der Waals surface area contributed by atoms with Gasteiger partial charge in [0.1, 0.15) is 11.5 Å². The summed E-state index contributed by atoms with van der Waals surface area (Å²) in [6.45, 7) is 14.2. The third-order valence-corrected chi connectivity index (χ3v) is 5.85. The second-order valence-electron chi connectivity index (χ2n) is 8.38. The average molecular weight is 450 g/mol. The number of hydrogen-bond donors (Lipinski definition) is 3. The molecule has 8 heteroatoms. The first-order chi connectivity index (χ1) is 15.9. The molecule has 1 saturated carbocycles. The first-order valence-corrected chi connectivity index (χ1v) is 11.6. The van der Waals surface area contributed by atoms with Crippen molar-refractivity contribution in [1.82, 2.24) is 24.8 Å². The number of allylic oxidation sites excluding steroid dienone is 1. The number of nitrogens with two attached hydrogens (primary N) is 1. The number of nitrogen functional groups attached to an aromatic ring is 1. The van der Waals surface area contributed by atoms with Crippen LogP contribution in [-0.2, 0) is 0 Å². The van der Waals surface area contributed by atoms with Crippen molar-refractivity contribution < 1.29 is 0 Å². The third-order valence-electron chi connectivity index (χ3n) is 5.85. The van der Waals surface area contributed by atoms with Gasteiger partial charge in [-0.25, -0.2) is 9.97 Å². The second-order valence-corrected chi connectivity index (χ2v) is 8.38. The van der Waals surface area contributed by atoms with E-state index in [0.717, 1.165) is 55.3 Å². The molecule has 3 aromatic rings. The first kappa shape index (κ1) is 24.4. The minimum Gasteiger partial charge on any atom is -0.397 e. The fraction of sp³-hybridized carbons (Fsp3) is 0.440. The van der Waals surface area contributed by atoms with Gasteiger partial charge >= 0.3 is 0 Å². The van der Waals surface area contributed by atoms with Crippen molar-refractivity contribution in [3.63, 3.8) is 0 Å². The fourth-order valence-electron chi connectivity index (χ4n) is 4.24. The lowest BCUT2D eigenvalue weighted by Gasteiger charge is -2.20. The standard InChI is InChI=1S/C21H24N6O.C4H11N/c1-12(2)18-13(3)16-11-24-21(25-17-9-8-14(22)10-23-17)26-19(16)27(20(18)28)15-6-4-5-7-15;1-3-5-4-2/h8-11,15H,1,4-7,22H2,2-3H3,(H,23,24,25,26);5H,3-4H2,1-2H3. The van der Waals surface area contributed by atoms with Crippen molar-refractivity contribution in [1.29, 1.82) is 0 Å². The highest BCUT2D eigenvalue weighted by molar-refractivity contribution is 5.84. The molecule has 176 valence electrons. The van der Waals surface area contributed by atoms with Crippen LogP contribution in [0.4, 0.5) is 17.5 Å². The van der Waals surface area contributed by atoms with E-state index in [1.165, 1.54) is 0 Å². The zero-order chi connectivity index (χ0) is 24.0. The van der Waals surface area contributed by atoms with E-state index in [1.807, 2.05) is 18.4 Å². The van der Waals surface area contributed by atoms with Crippen molar-refractivity contribution in [2.24, 2.45) is 0 Å². The van der Waals surface area contributed by atoms with Gasteiger partial charge in [-0.05, 0) is 63.0 Å². The van der Waals surface area contributed by atoms with Crippen LogP contribution in [-0.4, -0.2) is 32.6 Å². The minimum atomic E-state index is -0.0142. The summed E-state index contributed by atoms with van der Waals surface area (Å²) >= 11 is 0. The van der Waals surface area contributed by atoms with E-state index in [2.05, 4.69) is 41.0 Å². The van der Waals surface area contributed by atoms with E-state index in [0.29, 0.717) is 28.7 Å². The fourth-order valence-corrected chi connectivity index (χ4v) is 4.24. The monoisotopic (exact) mass is 449 g/mol. The van der Waals surface area contributed by atoms with Crippen molar-refractivity contribution >= 4 is 34.1 Å². The molecular formula is C25H35N7O. The van der Waals surface area contributed by atoms with Crippen LogP contribution in [0.25, 0.3) is 16.6 Å². The van der Waals surface area contributed by atoms with Crippen LogP contribution < -0.4 is 21.9 Å². The lowest BCUT2D eigenvalue weighted by molar-refractivity contribution is 0.515. The molecule has 4 rings (SSSR count). The van der Waals surface area contributed by atoms with E-state index < -0.39 is 0 Å². The Morgan fingerprint density at radius 3 is 2.42 bits per heavy atom. The lowest BCUT2D eigenvalue weighted by Crippen LogP contribution is -2.28. The number of nitrogens with zero attached hydrogens (tertiary/aromatic N) is 4. The number of hydrogen-bond acceptors (Lipinski definition) is 7. The molecule has 0 bridgehead atoms. The average Bonchev–Trinajstić information content (AvgIpc) is 3.30. The smallest absolute Gasteiger partial charge is 0.260 e. The molecule has 33 heavy (non-hydrogen) atoms. The van der Waals surface area contributed by atoms with Crippen LogP contribution >= 0.6 is 0 Å². The number of aromatic nitrogens is 4. The van der Waals surface area contributed by atoms with Gasteiger partial charge in [-0.1, -0.05) is 33.3 Å². The maximum absolute atomic E-state index is 13.3. The van der Waals surface area contributed by atoms with Crippen molar-refractivity contribution in [3.05, 3.63) is 52.6 Å². The summed E-state index contributed by atoms with van der Waals surface area (Å²) in [6, 6.07) is 3.68. The Hall–Kier alpha value is -3.26. The molecule has 0 unspecified atom stereocenters.